The number of Topliss-reactive ketones (excluding diaryl/α,β-unsaturated/α-hetero) is 1. The highest BCUT2D eigenvalue weighted by Crippen LogP contribution is 2.34. The van der Waals surface area contributed by atoms with Crippen molar-refractivity contribution in [3.05, 3.63) is 53.6 Å². The third kappa shape index (κ3) is 14.9. The zero-order valence-electron chi connectivity index (χ0n) is 34.9. The van der Waals surface area contributed by atoms with Gasteiger partial charge in [-0.2, -0.15) is 0 Å². The van der Waals surface area contributed by atoms with Crippen LogP contribution in [-0.2, 0) is 61.9 Å². The number of cyclic esters (lactones) is 1. The highest BCUT2D eigenvalue weighted by molar-refractivity contribution is 5.88. The predicted octanol–water partition coefficient (Wildman–Crippen LogP) is 5.21. The fourth-order valence-electron chi connectivity index (χ4n) is 7.17. The zero-order chi connectivity index (χ0) is 42.9. The van der Waals surface area contributed by atoms with Crippen LogP contribution < -0.4 is 0 Å². The average molecular weight is 831 g/mol. The van der Waals surface area contributed by atoms with Gasteiger partial charge in [0.05, 0.1) is 18.6 Å². The first kappa shape index (κ1) is 47.7. The number of aliphatic hydroxyl groups excluding tert-OH is 2. The minimum Gasteiger partial charge on any atom is -0.463 e. The van der Waals surface area contributed by atoms with Crippen molar-refractivity contribution in [2.24, 2.45) is 0 Å². The van der Waals surface area contributed by atoms with Gasteiger partial charge < -0.3 is 48.1 Å². The second kappa shape index (κ2) is 24.3. The van der Waals surface area contributed by atoms with Crippen LogP contribution in [0.2, 0.25) is 0 Å². The van der Waals surface area contributed by atoms with E-state index in [9.17, 15) is 34.2 Å². The largest absolute Gasteiger partial charge is 0.463 e. The van der Waals surface area contributed by atoms with E-state index in [4.69, 9.17) is 37.9 Å². The van der Waals surface area contributed by atoms with Crippen molar-refractivity contribution in [3.63, 3.8) is 0 Å². The molecule has 0 aliphatic carbocycles. The molecule has 11 atom stereocenters. The molecule has 1 aromatic carbocycles. The van der Waals surface area contributed by atoms with E-state index in [0.29, 0.717) is 31.2 Å². The summed E-state index contributed by atoms with van der Waals surface area (Å²) < 4.78 is 48.0. The lowest BCUT2D eigenvalue weighted by Gasteiger charge is -2.47. The lowest BCUT2D eigenvalue weighted by molar-refractivity contribution is -0.369. The van der Waals surface area contributed by atoms with Crippen LogP contribution in [0.5, 0.6) is 0 Å². The van der Waals surface area contributed by atoms with Gasteiger partial charge in [0.25, 0.3) is 0 Å². The van der Waals surface area contributed by atoms with E-state index in [1.54, 1.807) is 38.1 Å². The Morgan fingerprint density at radius 3 is 2.27 bits per heavy atom. The van der Waals surface area contributed by atoms with E-state index >= 15 is 0 Å². The van der Waals surface area contributed by atoms with Crippen molar-refractivity contribution >= 4 is 35.7 Å². The summed E-state index contributed by atoms with van der Waals surface area (Å²) in [5, 5.41) is 23.8. The maximum atomic E-state index is 13.3. The quantitative estimate of drug-likeness (QED) is 0.135. The summed E-state index contributed by atoms with van der Waals surface area (Å²) in [5.74, 6) is -3.23. The van der Waals surface area contributed by atoms with Crippen molar-refractivity contribution in [1.29, 1.82) is 0 Å². The standard InChI is InChI=1S/C44H62O15/c1-6-8-12-20-32-21-16-10-9-15-19-31(46)23-25-34(47)52-26-33-39(57-35(48)24-22-30-17-13-11-14-18-30)40(58-42(51)27(3)7-2)37(50)43(56-33)59-41-36(49)38(54-29(5)45)28(4)53-44(41)55-32/h7,11,13-14,17-18,22,24,28,32-33,36-41,43-44,49-50H,6,8-10,12,15-16,19-21,23,25-26H2,1-5H3/b24-22+,27-7+/t28-,32-,33-,36+,37-,38+,39-,40-,41-,43+,44+/m1/s1. The number of carbonyl (C=O) groups is 5. The molecule has 3 saturated heterocycles. The number of aliphatic hydroxyl groups is 2. The maximum absolute atomic E-state index is 13.3. The van der Waals surface area contributed by atoms with Crippen LogP contribution in [0.1, 0.15) is 117 Å². The van der Waals surface area contributed by atoms with Crippen LogP contribution in [0.25, 0.3) is 6.08 Å². The summed E-state index contributed by atoms with van der Waals surface area (Å²) in [4.78, 5) is 64.5. The first-order valence-electron chi connectivity index (χ1n) is 20.9. The van der Waals surface area contributed by atoms with E-state index in [1.165, 1.54) is 26.0 Å². The smallest absolute Gasteiger partial charge is 0.333 e. The van der Waals surface area contributed by atoms with Gasteiger partial charge >= 0.3 is 23.9 Å². The van der Waals surface area contributed by atoms with Crippen LogP contribution in [-0.4, -0.2) is 114 Å². The molecular formula is C44H62O15. The summed E-state index contributed by atoms with van der Waals surface area (Å²) in [6.07, 6.45) is -3.43. The number of benzene rings is 1. The minimum atomic E-state index is -1.87. The first-order chi connectivity index (χ1) is 28.3. The predicted molar refractivity (Wildman–Crippen MR) is 212 cm³/mol. The van der Waals surface area contributed by atoms with E-state index in [0.717, 1.165) is 44.6 Å². The van der Waals surface area contributed by atoms with E-state index in [1.807, 2.05) is 6.07 Å². The Hall–Kier alpha value is -3.99. The summed E-state index contributed by atoms with van der Waals surface area (Å²) in [6.45, 7) is 7.45. The first-order valence-corrected chi connectivity index (χ1v) is 20.9. The molecule has 15 heteroatoms. The number of rotatable bonds is 10. The van der Waals surface area contributed by atoms with Crippen molar-refractivity contribution in [1.82, 2.24) is 0 Å². The number of esters is 4. The molecule has 0 saturated carbocycles. The molecule has 2 bridgehead atoms. The molecule has 4 rings (SSSR count). The average Bonchev–Trinajstić information content (AvgIpc) is 3.21. The van der Waals surface area contributed by atoms with Gasteiger partial charge in [0.2, 0.25) is 0 Å². The summed E-state index contributed by atoms with van der Waals surface area (Å²) in [7, 11) is 0. The molecule has 3 fully saturated rings. The van der Waals surface area contributed by atoms with Crippen molar-refractivity contribution in [2.75, 3.05) is 6.61 Å². The minimum absolute atomic E-state index is 0.0312. The second-order valence-electron chi connectivity index (χ2n) is 15.3. The number of hydrogen-bond donors (Lipinski definition) is 2. The molecule has 0 unspecified atom stereocenters. The fourth-order valence-corrected chi connectivity index (χ4v) is 7.17. The third-order valence-electron chi connectivity index (χ3n) is 10.6. The molecular weight excluding hydrogens is 768 g/mol. The van der Waals surface area contributed by atoms with Crippen LogP contribution in [0.15, 0.2) is 48.1 Å². The maximum Gasteiger partial charge on any atom is 0.333 e. The molecule has 59 heavy (non-hydrogen) atoms. The lowest BCUT2D eigenvalue weighted by atomic mass is 9.96. The second-order valence-corrected chi connectivity index (χ2v) is 15.3. The molecule has 15 nitrogen and oxygen atoms in total. The molecule has 0 aromatic heterocycles. The molecule has 3 heterocycles. The Morgan fingerprint density at radius 2 is 1.56 bits per heavy atom. The molecule has 1 aromatic rings. The highest BCUT2D eigenvalue weighted by atomic mass is 16.8. The number of allylic oxidation sites excluding steroid dienone is 1. The summed E-state index contributed by atoms with van der Waals surface area (Å²) in [6, 6.07) is 8.92. The number of fused-ring (bicyclic) bond motifs is 3. The normalized spacial score (nSPS) is 32.0. The lowest BCUT2D eigenvalue weighted by Crippen LogP contribution is -2.65. The van der Waals surface area contributed by atoms with E-state index in [-0.39, 0.29) is 30.3 Å². The topological polar surface area (TPSA) is 200 Å². The van der Waals surface area contributed by atoms with E-state index < -0.39 is 91.9 Å². The number of unbranched alkanes of at least 4 members (excludes halogenated alkanes) is 2. The number of carbonyl (C=O) groups excluding carboxylic acids is 5. The van der Waals surface area contributed by atoms with Gasteiger partial charge in [0, 0.05) is 31.4 Å². The Labute approximate surface area is 346 Å². The monoisotopic (exact) mass is 830 g/mol. The molecule has 0 spiro atoms. The Balaban J connectivity index is 1.74. The summed E-state index contributed by atoms with van der Waals surface area (Å²) >= 11 is 0. The van der Waals surface area contributed by atoms with Gasteiger partial charge in [-0.05, 0) is 51.7 Å². The van der Waals surface area contributed by atoms with Gasteiger partial charge in [-0.15, -0.1) is 0 Å². The van der Waals surface area contributed by atoms with Crippen molar-refractivity contribution in [2.45, 2.75) is 179 Å². The number of ether oxygens (including phenoxy) is 8. The van der Waals surface area contributed by atoms with Crippen LogP contribution in [0, 0.1) is 0 Å². The van der Waals surface area contributed by atoms with Gasteiger partial charge in [0.15, 0.2) is 30.9 Å². The molecule has 2 N–H and O–H groups in total. The van der Waals surface area contributed by atoms with Crippen LogP contribution in [0.4, 0.5) is 0 Å². The molecule has 3 aliphatic heterocycles. The highest BCUT2D eigenvalue weighted by Gasteiger charge is 2.55. The Kier molecular flexibility index (Phi) is 19.6. The van der Waals surface area contributed by atoms with Crippen molar-refractivity contribution < 1.29 is 72.1 Å². The van der Waals surface area contributed by atoms with Gasteiger partial charge in [0.1, 0.15) is 36.8 Å². The molecule has 0 amide bonds. The molecule has 3 aliphatic rings. The van der Waals surface area contributed by atoms with Gasteiger partial charge in [-0.1, -0.05) is 81.9 Å². The number of hydrogen-bond acceptors (Lipinski definition) is 15. The third-order valence-corrected chi connectivity index (χ3v) is 10.6. The fraction of sp³-hybridized carbons (Fsp3) is 0.659. The SMILES string of the molecule is C/C=C(\C)C(=O)O[C@@H]1[C@@H](O)[C@@H]2O[C@H]3[C@H](O[C@H](CCCCC)CCCCCCC(=O)CCC(=O)OC[C@@H](O2)[C@H]1OC(=O)/C=C/c1ccccc1)O[C@H](C)[C@H](OC(C)=O)[C@@H]3O. The zero-order valence-corrected chi connectivity index (χ0v) is 34.9. The number of ketones is 1. The van der Waals surface area contributed by atoms with E-state index in [2.05, 4.69) is 6.92 Å². The van der Waals surface area contributed by atoms with Crippen LogP contribution in [0.3, 0.4) is 0 Å². The van der Waals surface area contributed by atoms with Gasteiger partial charge in [-0.25, -0.2) is 9.59 Å². The molecule has 328 valence electrons. The van der Waals surface area contributed by atoms with Crippen LogP contribution >= 0.6 is 0 Å². The Morgan fingerprint density at radius 1 is 0.814 bits per heavy atom. The molecule has 0 radical (unpaired) electrons. The summed E-state index contributed by atoms with van der Waals surface area (Å²) in [5.41, 5.74) is 0.863. The van der Waals surface area contributed by atoms with Crippen molar-refractivity contribution in [3.8, 4) is 0 Å². The Bertz CT molecular complexity index is 1580. The van der Waals surface area contributed by atoms with Gasteiger partial charge in [-0.3, -0.25) is 14.4 Å².